The van der Waals surface area contributed by atoms with Crippen LogP contribution in [0.25, 0.3) is 0 Å². The number of hydrogen-bond donors (Lipinski definition) is 1. The lowest BCUT2D eigenvalue weighted by Gasteiger charge is -2.32. The van der Waals surface area contributed by atoms with Crippen molar-refractivity contribution in [3.8, 4) is 0 Å². The zero-order valence-corrected chi connectivity index (χ0v) is 12.4. The zero-order chi connectivity index (χ0) is 13.7. The van der Waals surface area contributed by atoms with Gasteiger partial charge in [0.2, 0.25) is 0 Å². The Hall–Kier alpha value is -1.16. The molecule has 106 valence electrons. The number of likely N-dealkylation sites (tertiary alicyclic amines) is 1. The molecule has 1 aliphatic rings. The van der Waals surface area contributed by atoms with Crippen molar-refractivity contribution in [3.05, 3.63) is 17.6 Å². The molecule has 1 N–H and O–H groups in total. The van der Waals surface area contributed by atoms with Gasteiger partial charge < -0.3 is 10.2 Å². The van der Waals surface area contributed by atoms with Crippen LogP contribution in [0.15, 0.2) is 6.07 Å². The predicted octanol–water partition coefficient (Wildman–Crippen LogP) is 2.63. The molecule has 0 radical (unpaired) electrons. The summed E-state index contributed by atoms with van der Waals surface area (Å²) in [4.78, 5) is 11.5. The zero-order valence-electron chi connectivity index (χ0n) is 12.4. The summed E-state index contributed by atoms with van der Waals surface area (Å²) >= 11 is 0. The van der Waals surface area contributed by atoms with Crippen LogP contribution in [-0.2, 0) is 6.42 Å². The fraction of sp³-hybridized carbons (Fsp3) is 0.733. The Kier molecular flexibility index (Phi) is 5.14. The highest BCUT2D eigenvalue weighted by Crippen LogP contribution is 2.16. The number of nitrogens with zero attached hydrogens (tertiary/aromatic N) is 3. The van der Waals surface area contributed by atoms with Gasteiger partial charge in [0, 0.05) is 30.9 Å². The molecule has 1 aliphatic heterocycles. The minimum absolute atomic E-state index is 0.562. The molecule has 19 heavy (non-hydrogen) atoms. The highest BCUT2D eigenvalue weighted by Gasteiger charge is 2.18. The lowest BCUT2D eigenvalue weighted by atomic mass is 10.0. The first-order valence-electron chi connectivity index (χ1n) is 7.54. The van der Waals surface area contributed by atoms with Gasteiger partial charge in [-0.1, -0.05) is 13.8 Å². The van der Waals surface area contributed by atoms with Crippen LogP contribution in [0.1, 0.15) is 44.6 Å². The third kappa shape index (κ3) is 4.16. The SMILES string of the molecule is CCCN1CCC(Nc2cc(CC)nc(C)n2)CC1. The van der Waals surface area contributed by atoms with E-state index < -0.39 is 0 Å². The summed E-state index contributed by atoms with van der Waals surface area (Å²) in [5.41, 5.74) is 1.12. The van der Waals surface area contributed by atoms with E-state index in [0.29, 0.717) is 6.04 Å². The van der Waals surface area contributed by atoms with E-state index in [1.54, 1.807) is 0 Å². The van der Waals surface area contributed by atoms with Crippen molar-refractivity contribution >= 4 is 5.82 Å². The molecule has 2 heterocycles. The van der Waals surface area contributed by atoms with E-state index in [2.05, 4.69) is 40.1 Å². The number of aryl methyl sites for hydroxylation is 2. The molecule has 0 aliphatic carbocycles. The fourth-order valence-corrected chi connectivity index (χ4v) is 2.71. The van der Waals surface area contributed by atoms with Gasteiger partial charge in [-0.05, 0) is 39.2 Å². The quantitative estimate of drug-likeness (QED) is 0.885. The van der Waals surface area contributed by atoms with Crippen molar-refractivity contribution in [2.45, 2.75) is 52.5 Å². The summed E-state index contributed by atoms with van der Waals surface area (Å²) < 4.78 is 0. The Morgan fingerprint density at radius 3 is 2.63 bits per heavy atom. The maximum atomic E-state index is 4.50. The van der Waals surface area contributed by atoms with E-state index in [1.807, 2.05) is 6.92 Å². The van der Waals surface area contributed by atoms with E-state index in [4.69, 9.17) is 0 Å². The van der Waals surface area contributed by atoms with Gasteiger partial charge in [0.05, 0.1) is 0 Å². The Morgan fingerprint density at radius 1 is 1.26 bits per heavy atom. The maximum Gasteiger partial charge on any atom is 0.130 e. The molecule has 2 rings (SSSR count). The summed E-state index contributed by atoms with van der Waals surface area (Å²) in [5, 5.41) is 3.58. The van der Waals surface area contributed by atoms with Crippen LogP contribution in [0.2, 0.25) is 0 Å². The van der Waals surface area contributed by atoms with Crippen LogP contribution in [-0.4, -0.2) is 40.5 Å². The highest BCUT2D eigenvalue weighted by molar-refractivity contribution is 5.37. The average molecular weight is 262 g/mol. The van der Waals surface area contributed by atoms with E-state index in [1.165, 1.54) is 38.9 Å². The lowest BCUT2D eigenvalue weighted by molar-refractivity contribution is 0.219. The second-order valence-electron chi connectivity index (χ2n) is 5.41. The van der Waals surface area contributed by atoms with Crippen LogP contribution in [0.5, 0.6) is 0 Å². The lowest BCUT2D eigenvalue weighted by Crippen LogP contribution is -2.39. The van der Waals surface area contributed by atoms with Gasteiger partial charge in [0.1, 0.15) is 11.6 Å². The summed E-state index contributed by atoms with van der Waals surface area (Å²) in [6, 6.07) is 2.65. The molecule has 1 aromatic heterocycles. The number of nitrogens with one attached hydrogen (secondary N) is 1. The molecule has 0 spiro atoms. The minimum atomic E-state index is 0.562. The van der Waals surface area contributed by atoms with Crippen molar-refractivity contribution in [1.29, 1.82) is 0 Å². The van der Waals surface area contributed by atoms with Crippen LogP contribution >= 0.6 is 0 Å². The van der Waals surface area contributed by atoms with Crippen molar-refractivity contribution < 1.29 is 0 Å². The first-order chi connectivity index (χ1) is 9.21. The second kappa shape index (κ2) is 6.85. The maximum absolute atomic E-state index is 4.50. The van der Waals surface area contributed by atoms with Gasteiger partial charge in [-0.25, -0.2) is 9.97 Å². The van der Waals surface area contributed by atoms with E-state index >= 15 is 0 Å². The summed E-state index contributed by atoms with van der Waals surface area (Å²) in [6.07, 6.45) is 4.64. The summed E-state index contributed by atoms with van der Waals surface area (Å²) in [7, 11) is 0. The second-order valence-corrected chi connectivity index (χ2v) is 5.41. The molecular formula is C15H26N4. The van der Waals surface area contributed by atoms with Gasteiger partial charge in [0.15, 0.2) is 0 Å². The van der Waals surface area contributed by atoms with E-state index in [9.17, 15) is 0 Å². The van der Waals surface area contributed by atoms with Crippen LogP contribution in [0.3, 0.4) is 0 Å². The number of piperidine rings is 1. The highest BCUT2D eigenvalue weighted by atomic mass is 15.1. The fourth-order valence-electron chi connectivity index (χ4n) is 2.71. The topological polar surface area (TPSA) is 41.0 Å². The smallest absolute Gasteiger partial charge is 0.130 e. The van der Waals surface area contributed by atoms with Gasteiger partial charge in [0.25, 0.3) is 0 Å². The molecule has 0 aromatic carbocycles. The van der Waals surface area contributed by atoms with Gasteiger partial charge in [-0.3, -0.25) is 0 Å². The van der Waals surface area contributed by atoms with Crippen molar-refractivity contribution in [2.24, 2.45) is 0 Å². The Balaban J connectivity index is 1.90. The van der Waals surface area contributed by atoms with Crippen LogP contribution in [0, 0.1) is 6.92 Å². The first-order valence-corrected chi connectivity index (χ1v) is 7.54. The van der Waals surface area contributed by atoms with Gasteiger partial charge >= 0.3 is 0 Å². The molecule has 0 bridgehead atoms. The number of anilines is 1. The van der Waals surface area contributed by atoms with Crippen molar-refractivity contribution in [3.63, 3.8) is 0 Å². The largest absolute Gasteiger partial charge is 0.367 e. The molecule has 0 atom stereocenters. The molecule has 1 aromatic rings. The van der Waals surface area contributed by atoms with Crippen LogP contribution < -0.4 is 5.32 Å². The number of aromatic nitrogens is 2. The Bertz CT molecular complexity index is 397. The van der Waals surface area contributed by atoms with Crippen LogP contribution in [0.4, 0.5) is 5.82 Å². The Morgan fingerprint density at radius 2 is 2.00 bits per heavy atom. The number of rotatable bonds is 5. The first kappa shape index (κ1) is 14.3. The molecule has 0 unspecified atom stereocenters. The molecule has 4 heteroatoms. The van der Waals surface area contributed by atoms with Gasteiger partial charge in [-0.15, -0.1) is 0 Å². The Labute approximate surface area is 116 Å². The minimum Gasteiger partial charge on any atom is -0.367 e. The van der Waals surface area contributed by atoms with E-state index in [-0.39, 0.29) is 0 Å². The van der Waals surface area contributed by atoms with Crippen molar-refractivity contribution in [1.82, 2.24) is 14.9 Å². The van der Waals surface area contributed by atoms with Gasteiger partial charge in [-0.2, -0.15) is 0 Å². The third-order valence-corrected chi connectivity index (χ3v) is 3.73. The van der Waals surface area contributed by atoms with E-state index in [0.717, 1.165) is 23.8 Å². The molecule has 4 nitrogen and oxygen atoms in total. The average Bonchev–Trinajstić information content (AvgIpc) is 2.40. The molecule has 0 saturated carbocycles. The normalized spacial score (nSPS) is 17.6. The third-order valence-electron chi connectivity index (χ3n) is 3.73. The molecule has 1 fully saturated rings. The monoisotopic (exact) mass is 262 g/mol. The molecule has 0 amide bonds. The standard InChI is InChI=1S/C15H26N4/c1-4-8-19-9-6-14(7-10-19)18-15-11-13(5-2)16-12(3)17-15/h11,14H,4-10H2,1-3H3,(H,16,17,18). The summed E-state index contributed by atoms with van der Waals surface area (Å²) in [5.74, 6) is 1.86. The molecule has 1 saturated heterocycles. The number of hydrogen-bond acceptors (Lipinski definition) is 4. The summed E-state index contributed by atoms with van der Waals surface area (Å²) in [6.45, 7) is 10.00. The molecular weight excluding hydrogens is 236 g/mol. The van der Waals surface area contributed by atoms with Crippen molar-refractivity contribution in [2.75, 3.05) is 25.0 Å². The predicted molar refractivity (Wildman–Crippen MR) is 79.5 cm³/mol.